The van der Waals surface area contributed by atoms with Gasteiger partial charge in [0.05, 0.1) is 0 Å². The SMILES string of the molecule is C=C/C=C\C(=C/CC)C(C)C(C)(C)C(C)(C)C(CP)CCCCC(CC(C)(C)C)C(C)(C)C. The lowest BCUT2D eigenvalue weighted by molar-refractivity contribution is 0.0108. The normalized spacial score (nSPS) is 17.3. The third kappa shape index (κ3) is 10.4. The minimum Gasteiger partial charge on any atom is -0.137 e. The number of hydrogen-bond acceptors (Lipinski definition) is 0. The van der Waals surface area contributed by atoms with E-state index >= 15 is 0 Å². The first-order chi connectivity index (χ1) is 15.0. The highest BCUT2D eigenvalue weighted by atomic mass is 31.0. The van der Waals surface area contributed by atoms with Crippen LogP contribution in [0.2, 0.25) is 0 Å². The monoisotopic (exact) mass is 476 g/mol. The molecule has 1 heteroatoms. The summed E-state index contributed by atoms with van der Waals surface area (Å²) < 4.78 is 0. The van der Waals surface area contributed by atoms with Crippen LogP contribution in [0.1, 0.15) is 122 Å². The minimum atomic E-state index is 0.195. The summed E-state index contributed by atoms with van der Waals surface area (Å²) in [5, 5.41) is 0. The average Bonchev–Trinajstić information content (AvgIpc) is 2.67. The van der Waals surface area contributed by atoms with E-state index in [0.29, 0.717) is 22.7 Å². The highest BCUT2D eigenvalue weighted by molar-refractivity contribution is 7.16. The quantitative estimate of drug-likeness (QED) is 0.133. The number of allylic oxidation sites excluding steroid dienone is 5. The van der Waals surface area contributed by atoms with Crippen molar-refractivity contribution >= 4 is 9.24 Å². The summed E-state index contributed by atoms with van der Waals surface area (Å²) in [5.74, 6) is 2.01. The molecule has 0 fully saturated rings. The Morgan fingerprint density at radius 3 is 1.76 bits per heavy atom. The van der Waals surface area contributed by atoms with E-state index in [1.807, 2.05) is 6.08 Å². The Labute approximate surface area is 212 Å². The van der Waals surface area contributed by atoms with Gasteiger partial charge in [-0.15, -0.1) is 9.24 Å². The van der Waals surface area contributed by atoms with E-state index in [1.54, 1.807) is 0 Å². The Hall–Kier alpha value is -0.350. The van der Waals surface area contributed by atoms with Crippen molar-refractivity contribution < 1.29 is 0 Å². The lowest BCUT2D eigenvalue weighted by atomic mass is 9.54. The maximum Gasteiger partial charge on any atom is -0.0137 e. The molecule has 194 valence electrons. The zero-order valence-electron chi connectivity index (χ0n) is 24.8. The third-order valence-electron chi connectivity index (χ3n) is 8.85. The molecule has 0 aliphatic rings. The predicted octanol–water partition coefficient (Wildman–Crippen LogP) is 10.9. The molecule has 0 amide bonds. The summed E-state index contributed by atoms with van der Waals surface area (Å²) in [5.41, 5.74) is 2.70. The molecule has 0 N–H and O–H groups in total. The van der Waals surface area contributed by atoms with Crippen LogP contribution in [0.5, 0.6) is 0 Å². The van der Waals surface area contributed by atoms with E-state index in [-0.39, 0.29) is 10.8 Å². The van der Waals surface area contributed by atoms with Gasteiger partial charge in [-0.2, -0.15) is 0 Å². The summed E-state index contributed by atoms with van der Waals surface area (Å²) >= 11 is 0. The van der Waals surface area contributed by atoms with E-state index in [4.69, 9.17) is 0 Å². The van der Waals surface area contributed by atoms with Crippen LogP contribution in [0, 0.1) is 39.4 Å². The topological polar surface area (TPSA) is 0 Å². The fraction of sp³-hybridized carbons (Fsp3) is 0.812. The smallest absolute Gasteiger partial charge is 0.0137 e. The lowest BCUT2D eigenvalue weighted by Crippen LogP contribution is -2.44. The van der Waals surface area contributed by atoms with Gasteiger partial charge in [-0.25, -0.2) is 0 Å². The zero-order valence-corrected chi connectivity index (χ0v) is 25.9. The Kier molecular flexibility index (Phi) is 13.5. The first-order valence-electron chi connectivity index (χ1n) is 13.6. The van der Waals surface area contributed by atoms with E-state index in [9.17, 15) is 0 Å². The Morgan fingerprint density at radius 1 is 0.848 bits per heavy atom. The fourth-order valence-electron chi connectivity index (χ4n) is 5.44. The first kappa shape index (κ1) is 32.7. The van der Waals surface area contributed by atoms with E-state index in [0.717, 1.165) is 12.3 Å². The molecule has 0 saturated heterocycles. The maximum absolute atomic E-state index is 3.88. The summed E-state index contributed by atoms with van der Waals surface area (Å²) in [6, 6.07) is 0. The van der Waals surface area contributed by atoms with Gasteiger partial charge in [-0.3, -0.25) is 0 Å². The molecule has 0 aliphatic heterocycles. The second-order valence-corrected chi connectivity index (χ2v) is 14.4. The summed E-state index contributed by atoms with van der Waals surface area (Å²) in [6.45, 7) is 33.1. The summed E-state index contributed by atoms with van der Waals surface area (Å²) in [6.07, 6.45) is 17.6. The van der Waals surface area contributed by atoms with Crippen LogP contribution in [0.4, 0.5) is 0 Å². The maximum atomic E-state index is 3.88. The minimum absolute atomic E-state index is 0.195. The second kappa shape index (κ2) is 13.7. The second-order valence-electron chi connectivity index (χ2n) is 13.9. The van der Waals surface area contributed by atoms with Gasteiger partial charge in [0, 0.05) is 0 Å². The molecule has 0 aromatic rings. The molecule has 0 bridgehead atoms. The molecule has 0 aromatic heterocycles. The van der Waals surface area contributed by atoms with Gasteiger partial charge in [0.15, 0.2) is 0 Å². The number of hydrogen-bond donors (Lipinski definition) is 0. The summed E-state index contributed by atoms with van der Waals surface area (Å²) in [4.78, 5) is 0. The lowest BCUT2D eigenvalue weighted by Gasteiger charge is -2.51. The molecule has 0 heterocycles. The van der Waals surface area contributed by atoms with Crippen molar-refractivity contribution in [2.45, 2.75) is 122 Å². The largest absolute Gasteiger partial charge is 0.137 e. The molecule has 0 radical (unpaired) electrons. The van der Waals surface area contributed by atoms with Gasteiger partial charge in [-0.05, 0) is 76.8 Å². The van der Waals surface area contributed by atoms with E-state index < -0.39 is 0 Å². The zero-order chi connectivity index (χ0) is 26.1. The molecule has 0 nitrogen and oxygen atoms in total. The predicted molar refractivity (Wildman–Crippen MR) is 158 cm³/mol. The van der Waals surface area contributed by atoms with Crippen molar-refractivity contribution in [1.29, 1.82) is 0 Å². The van der Waals surface area contributed by atoms with Crippen molar-refractivity contribution in [3.63, 3.8) is 0 Å². The van der Waals surface area contributed by atoms with Crippen molar-refractivity contribution in [2.75, 3.05) is 6.16 Å². The van der Waals surface area contributed by atoms with E-state index in [1.165, 1.54) is 43.8 Å². The fourth-order valence-corrected chi connectivity index (χ4v) is 6.27. The van der Waals surface area contributed by atoms with Gasteiger partial charge < -0.3 is 0 Å². The van der Waals surface area contributed by atoms with Crippen molar-refractivity contribution in [3.8, 4) is 0 Å². The number of rotatable bonds is 14. The van der Waals surface area contributed by atoms with Crippen LogP contribution >= 0.6 is 9.24 Å². The molecular weight excluding hydrogens is 415 g/mol. The standard InChI is InChI=1S/C32H61P/c1-14-16-20-26(19-15-2)25(3)31(10,11)32(12,13)28(24-33)22-18-17-21-27(30(7,8)9)23-29(4,5)6/h14,16,19-20,25,27-28H,1,15,17-18,21-24,33H2,2-13H3/b20-16-,26-19+. The Bertz CT molecular complexity index is 618. The highest BCUT2D eigenvalue weighted by Crippen LogP contribution is 2.53. The van der Waals surface area contributed by atoms with Gasteiger partial charge in [0.25, 0.3) is 0 Å². The molecule has 0 spiro atoms. The van der Waals surface area contributed by atoms with Crippen LogP contribution in [0.25, 0.3) is 0 Å². The molecule has 0 rings (SSSR count). The van der Waals surface area contributed by atoms with Crippen LogP contribution in [-0.2, 0) is 0 Å². The van der Waals surface area contributed by atoms with Crippen LogP contribution in [0.15, 0.2) is 36.5 Å². The van der Waals surface area contributed by atoms with Crippen LogP contribution in [-0.4, -0.2) is 6.16 Å². The summed E-state index contributed by atoms with van der Waals surface area (Å²) in [7, 11) is 3.08. The Balaban J connectivity index is 5.37. The molecule has 33 heavy (non-hydrogen) atoms. The highest BCUT2D eigenvalue weighted by Gasteiger charge is 2.45. The van der Waals surface area contributed by atoms with Crippen LogP contribution in [0.3, 0.4) is 0 Å². The number of unbranched alkanes of at least 4 members (excludes halogenated alkanes) is 1. The Morgan fingerprint density at radius 2 is 1.36 bits per heavy atom. The van der Waals surface area contributed by atoms with Crippen LogP contribution < -0.4 is 0 Å². The first-order valence-corrected chi connectivity index (χ1v) is 14.5. The van der Waals surface area contributed by atoms with Crippen molar-refractivity contribution in [1.82, 2.24) is 0 Å². The molecule has 0 aliphatic carbocycles. The van der Waals surface area contributed by atoms with Gasteiger partial charge in [0.1, 0.15) is 0 Å². The van der Waals surface area contributed by atoms with Crippen molar-refractivity contribution in [2.24, 2.45) is 39.4 Å². The molecule has 0 aromatic carbocycles. The van der Waals surface area contributed by atoms with E-state index in [2.05, 4.69) is 117 Å². The average molecular weight is 477 g/mol. The van der Waals surface area contributed by atoms with Gasteiger partial charge >= 0.3 is 0 Å². The molecular formula is C32H61P. The molecule has 4 atom stereocenters. The molecule has 0 saturated carbocycles. The van der Waals surface area contributed by atoms with Crippen molar-refractivity contribution in [3.05, 3.63) is 36.5 Å². The molecule has 4 unspecified atom stereocenters. The van der Waals surface area contributed by atoms with Gasteiger partial charge in [0.2, 0.25) is 0 Å². The van der Waals surface area contributed by atoms with Gasteiger partial charge in [-0.1, -0.05) is 127 Å². The third-order valence-corrected chi connectivity index (χ3v) is 9.42.